The van der Waals surface area contributed by atoms with E-state index >= 15 is 0 Å². The molecule has 128 valence electrons. The third kappa shape index (κ3) is 5.84. The highest BCUT2D eigenvalue weighted by Gasteiger charge is 2.25. The second-order valence-electron chi connectivity index (χ2n) is 7.24. The largest absolute Gasteiger partial charge is 0.444 e. The van der Waals surface area contributed by atoms with E-state index in [1.54, 1.807) is 0 Å². The molecule has 0 aliphatic heterocycles. The van der Waals surface area contributed by atoms with Gasteiger partial charge in [-0.15, -0.1) is 0 Å². The summed E-state index contributed by atoms with van der Waals surface area (Å²) < 4.78 is 5.24. The van der Waals surface area contributed by atoms with Gasteiger partial charge >= 0.3 is 6.09 Å². The molecule has 5 nitrogen and oxygen atoms in total. The average molecular weight is 319 g/mol. The molecule has 1 amide bonds. The Hall–Kier alpha value is -1.59. The Balaban J connectivity index is 1.81. The Morgan fingerprint density at radius 2 is 1.96 bits per heavy atom. The third-order valence-electron chi connectivity index (χ3n) is 4.13. The first kappa shape index (κ1) is 17.8. The normalized spacial score (nSPS) is 21.2. The van der Waals surface area contributed by atoms with Crippen molar-refractivity contribution in [1.82, 2.24) is 5.32 Å². The monoisotopic (exact) mass is 319 g/mol. The van der Waals surface area contributed by atoms with E-state index in [2.05, 4.69) is 10.6 Å². The maximum atomic E-state index is 11.7. The van der Waals surface area contributed by atoms with E-state index in [0.717, 1.165) is 18.8 Å². The Kier molecular flexibility index (Phi) is 6.02. The van der Waals surface area contributed by atoms with Crippen molar-refractivity contribution in [3.63, 3.8) is 0 Å². The highest BCUT2D eigenvalue weighted by molar-refractivity contribution is 5.84. The van der Waals surface area contributed by atoms with E-state index < -0.39 is 11.7 Å². The predicted molar refractivity (Wildman–Crippen MR) is 93.3 cm³/mol. The maximum Gasteiger partial charge on any atom is 0.412 e. The van der Waals surface area contributed by atoms with Gasteiger partial charge in [0.25, 0.3) is 0 Å². The number of amides is 1. The first-order chi connectivity index (χ1) is 10.9. The molecule has 1 aliphatic carbocycles. The fraction of sp³-hybridized carbons (Fsp3) is 0.611. The first-order valence-corrected chi connectivity index (χ1v) is 8.40. The SMILES string of the molecule is CC(C)(C)OC(=O)Nc1ccc(CNC2CCCC2CN)cc1. The van der Waals surface area contributed by atoms with Gasteiger partial charge in [0.15, 0.2) is 0 Å². The van der Waals surface area contributed by atoms with Crippen LogP contribution in [0, 0.1) is 5.92 Å². The van der Waals surface area contributed by atoms with Gasteiger partial charge in [0.1, 0.15) is 5.60 Å². The molecule has 1 fully saturated rings. The number of carbonyl (C=O) groups is 1. The van der Waals surface area contributed by atoms with Gasteiger partial charge < -0.3 is 15.8 Å². The number of nitrogens with one attached hydrogen (secondary N) is 2. The Bertz CT molecular complexity index is 508. The quantitative estimate of drug-likeness (QED) is 0.778. The summed E-state index contributed by atoms with van der Waals surface area (Å²) in [5.74, 6) is 0.600. The van der Waals surface area contributed by atoms with E-state index in [0.29, 0.717) is 12.0 Å². The second-order valence-corrected chi connectivity index (χ2v) is 7.24. The van der Waals surface area contributed by atoms with Crippen molar-refractivity contribution in [3.05, 3.63) is 29.8 Å². The summed E-state index contributed by atoms with van der Waals surface area (Å²) >= 11 is 0. The lowest BCUT2D eigenvalue weighted by Gasteiger charge is -2.20. The number of rotatable bonds is 5. The topological polar surface area (TPSA) is 76.4 Å². The summed E-state index contributed by atoms with van der Waals surface area (Å²) in [5, 5.41) is 6.34. The third-order valence-corrected chi connectivity index (χ3v) is 4.13. The van der Waals surface area contributed by atoms with Crippen molar-refractivity contribution in [3.8, 4) is 0 Å². The van der Waals surface area contributed by atoms with Gasteiger partial charge in [-0.2, -0.15) is 0 Å². The number of carbonyl (C=O) groups excluding carboxylic acids is 1. The van der Waals surface area contributed by atoms with Gasteiger partial charge in [-0.05, 0) is 63.8 Å². The molecule has 1 aromatic carbocycles. The number of hydrogen-bond acceptors (Lipinski definition) is 4. The Morgan fingerprint density at radius 3 is 2.57 bits per heavy atom. The Labute approximate surface area is 139 Å². The highest BCUT2D eigenvalue weighted by Crippen LogP contribution is 2.25. The molecule has 0 heterocycles. The van der Waals surface area contributed by atoms with Gasteiger partial charge in [0.05, 0.1) is 0 Å². The molecular weight excluding hydrogens is 290 g/mol. The van der Waals surface area contributed by atoms with Crippen LogP contribution in [0.5, 0.6) is 0 Å². The van der Waals surface area contributed by atoms with E-state index in [9.17, 15) is 4.79 Å². The number of hydrogen-bond donors (Lipinski definition) is 3. The number of nitrogens with two attached hydrogens (primary N) is 1. The lowest BCUT2D eigenvalue weighted by atomic mass is 10.0. The smallest absolute Gasteiger partial charge is 0.412 e. The zero-order chi connectivity index (χ0) is 16.9. The molecular formula is C18H29N3O2. The second kappa shape index (κ2) is 7.79. The maximum absolute atomic E-state index is 11.7. The Morgan fingerprint density at radius 1 is 1.26 bits per heavy atom. The van der Waals surface area contributed by atoms with Gasteiger partial charge in [-0.3, -0.25) is 5.32 Å². The number of benzene rings is 1. The molecule has 1 aromatic rings. The molecule has 1 saturated carbocycles. The number of ether oxygens (including phenoxy) is 1. The molecule has 5 heteroatoms. The molecule has 2 rings (SSSR count). The summed E-state index contributed by atoms with van der Waals surface area (Å²) in [7, 11) is 0. The minimum absolute atomic E-state index is 0.430. The van der Waals surface area contributed by atoms with Crippen LogP contribution in [-0.4, -0.2) is 24.3 Å². The zero-order valence-electron chi connectivity index (χ0n) is 14.4. The van der Waals surface area contributed by atoms with E-state index in [1.165, 1.54) is 24.8 Å². The van der Waals surface area contributed by atoms with Crippen LogP contribution >= 0.6 is 0 Å². The highest BCUT2D eigenvalue weighted by atomic mass is 16.6. The molecule has 0 bridgehead atoms. The molecule has 0 saturated heterocycles. The molecule has 23 heavy (non-hydrogen) atoms. The van der Waals surface area contributed by atoms with Crippen molar-refractivity contribution in [2.45, 2.75) is 58.2 Å². The molecule has 4 N–H and O–H groups in total. The molecule has 1 aliphatic rings. The van der Waals surface area contributed by atoms with Crippen LogP contribution in [0.1, 0.15) is 45.6 Å². The molecule has 2 unspecified atom stereocenters. The minimum atomic E-state index is -0.491. The van der Waals surface area contributed by atoms with Crippen molar-refractivity contribution in [1.29, 1.82) is 0 Å². The van der Waals surface area contributed by atoms with Crippen LogP contribution in [0.15, 0.2) is 24.3 Å². The lowest BCUT2D eigenvalue weighted by Crippen LogP contribution is -2.35. The van der Waals surface area contributed by atoms with Crippen LogP contribution in [0.4, 0.5) is 10.5 Å². The average Bonchev–Trinajstić information content (AvgIpc) is 2.92. The standard InChI is InChI=1S/C18H29N3O2/c1-18(2,3)23-17(22)21-15-9-7-13(8-10-15)12-20-16-6-4-5-14(16)11-19/h7-10,14,16,20H,4-6,11-12,19H2,1-3H3,(H,21,22). The van der Waals surface area contributed by atoms with Crippen molar-refractivity contribution in [2.24, 2.45) is 11.7 Å². The summed E-state index contributed by atoms with van der Waals surface area (Å²) in [6.45, 7) is 7.13. The zero-order valence-corrected chi connectivity index (χ0v) is 14.4. The molecule has 0 spiro atoms. The minimum Gasteiger partial charge on any atom is -0.444 e. The first-order valence-electron chi connectivity index (χ1n) is 8.40. The summed E-state index contributed by atoms with van der Waals surface area (Å²) in [6, 6.07) is 8.36. The van der Waals surface area contributed by atoms with Gasteiger partial charge in [-0.1, -0.05) is 18.6 Å². The van der Waals surface area contributed by atoms with E-state index in [-0.39, 0.29) is 0 Å². The van der Waals surface area contributed by atoms with E-state index in [1.807, 2.05) is 45.0 Å². The van der Waals surface area contributed by atoms with E-state index in [4.69, 9.17) is 10.5 Å². The van der Waals surface area contributed by atoms with Crippen LogP contribution in [-0.2, 0) is 11.3 Å². The number of anilines is 1. The predicted octanol–water partition coefficient (Wildman–Crippen LogP) is 3.25. The fourth-order valence-electron chi connectivity index (χ4n) is 2.96. The van der Waals surface area contributed by atoms with Crippen LogP contribution in [0.25, 0.3) is 0 Å². The summed E-state index contributed by atoms with van der Waals surface area (Å²) in [5.41, 5.74) is 7.26. The molecule has 2 atom stereocenters. The molecule has 0 aromatic heterocycles. The lowest BCUT2D eigenvalue weighted by molar-refractivity contribution is 0.0636. The van der Waals surface area contributed by atoms with Gasteiger partial charge in [0.2, 0.25) is 0 Å². The van der Waals surface area contributed by atoms with Crippen molar-refractivity contribution in [2.75, 3.05) is 11.9 Å². The van der Waals surface area contributed by atoms with Crippen molar-refractivity contribution >= 4 is 11.8 Å². The summed E-state index contributed by atoms with van der Waals surface area (Å²) in [6.07, 6.45) is 3.27. The summed E-state index contributed by atoms with van der Waals surface area (Å²) in [4.78, 5) is 11.7. The van der Waals surface area contributed by atoms with Crippen LogP contribution in [0.3, 0.4) is 0 Å². The van der Waals surface area contributed by atoms with Gasteiger partial charge in [0, 0.05) is 18.3 Å². The van der Waals surface area contributed by atoms with Crippen LogP contribution < -0.4 is 16.4 Å². The van der Waals surface area contributed by atoms with Crippen molar-refractivity contribution < 1.29 is 9.53 Å². The van der Waals surface area contributed by atoms with Gasteiger partial charge in [-0.25, -0.2) is 4.79 Å². The fourth-order valence-corrected chi connectivity index (χ4v) is 2.96. The van der Waals surface area contributed by atoms with Crippen LogP contribution in [0.2, 0.25) is 0 Å². The molecule has 0 radical (unpaired) electrons.